The lowest BCUT2D eigenvalue weighted by atomic mass is 9.67. The molecule has 3 aliphatic rings. The first-order valence-corrected chi connectivity index (χ1v) is 8.23. The average molecular weight is 301 g/mol. The van der Waals surface area contributed by atoms with Crippen molar-refractivity contribution in [2.24, 2.45) is 23.5 Å². The van der Waals surface area contributed by atoms with Gasteiger partial charge in [-0.3, -0.25) is 4.79 Å². The minimum absolute atomic E-state index is 0. The van der Waals surface area contributed by atoms with Gasteiger partial charge in [-0.2, -0.15) is 0 Å². The van der Waals surface area contributed by atoms with E-state index < -0.39 is 0 Å². The van der Waals surface area contributed by atoms with Crippen LogP contribution in [-0.2, 0) is 4.79 Å². The smallest absolute Gasteiger partial charge is 0.223 e. The van der Waals surface area contributed by atoms with Gasteiger partial charge in [-0.15, -0.1) is 12.4 Å². The van der Waals surface area contributed by atoms with Gasteiger partial charge in [0.1, 0.15) is 0 Å². The van der Waals surface area contributed by atoms with Gasteiger partial charge in [-0.1, -0.05) is 25.7 Å². The number of fused-ring (bicyclic) bond motifs is 1. The first-order chi connectivity index (χ1) is 9.16. The third kappa shape index (κ3) is 3.48. The number of carbonyl (C=O) groups excluding carboxylic acids is 1. The maximum Gasteiger partial charge on any atom is 0.223 e. The maximum atomic E-state index is 12.3. The summed E-state index contributed by atoms with van der Waals surface area (Å²) in [6, 6.07) is 0. The van der Waals surface area contributed by atoms with Crippen molar-refractivity contribution in [3.8, 4) is 0 Å². The predicted octanol–water partition coefficient (Wildman–Crippen LogP) is 3.01. The number of rotatable bonds is 3. The molecule has 116 valence electrons. The highest BCUT2D eigenvalue weighted by Crippen LogP contribution is 2.42. The van der Waals surface area contributed by atoms with Gasteiger partial charge in [0, 0.05) is 18.0 Å². The Morgan fingerprint density at radius 3 is 2.40 bits per heavy atom. The lowest BCUT2D eigenvalue weighted by Gasteiger charge is -2.40. The second kappa shape index (κ2) is 6.65. The minimum atomic E-state index is -0.0856. The summed E-state index contributed by atoms with van der Waals surface area (Å²) >= 11 is 0. The summed E-state index contributed by atoms with van der Waals surface area (Å²) in [7, 11) is 0. The Balaban J connectivity index is 0.00000147. The highest BCUT2D eigenvalue weighted by molar-refractivity contribution is 5.85. The molecule has 3 unspecified atom stereocenters. The van der Waals surface area contributed by atoms with Crippen LogP contribution in [-0.4, -0.2) is 18.0 Å². The van der Waals surface area contributed by atoms with Gasteiger partial charge in [0.25, 0.3) is 0 Å². The highest BCUT2D eigenvalue weighted by Gasteiger charge is 2.37. The van der Waals surface area contributed by atoms with Crippen LogP contribution in [0.15, 0.2) is 0 Å². The van der Waals surface area contributed by atoms with Gasteiger partial charge in [0.05, 0.1) is 0 Å². The molecule has 3 nitrogen and oxygen atoms in total. The molecule has 3 rings (SSSR count). The third-order valence-corrected chi connectivity index (χ3v) is 5.87. The van der Waals surface area contributed by atoms with Crippen molar-refractivity contribution >= 4 is 18.3 Å². The first-order valence-electron chi connectivity index (χ1n) is 8.23. The standard InChI is InChI=1S/C16H28N2O.ClH/c17-16(8-3-9-16)11-18-15(19)14-7-6-12-4-1-2-5-13(12)10-14;/h12-14H,1-11,17H2,(H,18,19);1H. The van der Waals surface area contributed by atoms with E-state index in [0.29, 0.717) is 6.54 Å². The molecule has 0 saturated heterocycles. The molecule has 0 radical (unpaired) electrons. The third-order valence-electron chi connectivity index (χ3n) is 5.87. The summed E-state index contributed by atoms with van der Waals surface area (Å²) in [4.78, 5) is 12.3. The fraction of sp³-hybridized carbons (Fsp3) is 0.938. The number of hydrogen-bond donors (Lipinski definition) is 2. The molecule has 0 heterocycles. The van der Waals surface area contributed by atoms with Crippen molar-refractivity contribution in [1.82, 2.24) is 5.32 Å². The minimum Gasteiger partial charge on any atom is -0.354 e. The van der Waals surface area contributed by atoms with Gasteiger partial charge in [0.15, 0.2) is 0 Å². The van der Waals surface area contributed by atoms with Crippen LogP contribution in [0.1, 0.15) is 64.2 Å². The Morgan fingerprint density at radius 1 is 1.05 bits per heavy atom. The van der Waals surface area contributed by atoms with Crippen LogP contribution in [0.25, 0.3) is 0 Å². The van der Waals surface area contributed by atoms with E-state index in [2.05, 4.69) is 5.32 Å². The molecular weight excluding hydrogens is 272 g/mol. The Hall–Kier alpha value is -0.280. The second-order valence-corrected chi connectivity index (χ2v) is 7.25. The van der Waals surface area contributed by atoms with Gasteiger partial charge in [0.2, 0.25) is 5.91 Å². The summed E-state index contributed by atoms with van der Waals surface area (Å²) in [5, 5.41) is 3.13. The predicted molar refractivity (Wildman–Crippen MR) is 83.8 cm³/mol. The second-order valence-electron chi connectivity index (χ2n) is 7.25. The molecule has 3 saturated carbocycles. The summed E-state index contributed by atoms with van der Waals surface area (Å²) in [6.07, 6.45) is 12.4. The SMILES string of the molecule is Cl.NC1(CNC(=O)C2CCC3CCCCC3C2)CCC1. The molecule has 0 aliphatic heterocycles. The summed E-state index contributed by atoms with van der Waals surface area (Å²) in [5.41, 5.74) is 6.09. The molecule has 0 aromatic rings. The number of nitrogens with one attached hydrogen (secondary N) is 1. The van der Waals surface area contributed by atoms with Crippen LogP contribution < -0.4 is 11.1 Å². The molecule has 0 spiro atoms. The Morgan fingerprint density at radius 2 is 1.75 bits per heavy atom. The van der Waals surface area contributed by atoms with Gasteiger partial charge in [-0.25, -0.2) is 0 Å². The van der Waals surface area contributed by atoms with Crippen LogP contribution in [0.5, 0.6) is 0 Å². The fourth-order valence-corrected chi connectivity index (χ4v) is 4.33. The molecule has 20 heavy (non-hydrogen) atoms. The van der Waals surface area contributed by atoms with E-state index in [0.717, 1.165) is 37.5 Å². The lowest BCUT2D eigenvalue weighted by molar-refractivity contribution is -0.127. The van der Waals surface area contributed by atoms with Crippen molar-refractivity contribution in [3.63, 3.8) is 0 Å². The summed E-state index contributed by atoms with van der Waals surface area (Å²) in [6.45, 7) is 0.691. The lowest BCUT2D eigenvalue weighted by Crippen LogP contribution is -2.55. The first kappa shape index (κ1) is 16.1. The van der Waals surface area contributed by atoms with Gasteiger partial charge >= 0.3 is 0 Å². The number of halogens is 1. The summed E-state index contributed by atoms with van der Waals surface area (Å²) in [5.74, 6) is 2.29. The van der Waals surface area contributed by atoms with E-state index in [1.165, 1.54) is 38.5 Å². The van der Waals surface area contributed by atoms with Gasteiger partial charge in [-0.05, 0) is 50.4 Å². The quantitative estimate of drug-likeness (QED) is 0.842. The molecule has 0 aromatic carbocycles. The van der Waals surface area contributed by atoms with E-state index in [4.69, 9.17) is 5.73 Å². The Kier molecular flexibility index (Phi) is 5.36. The topological polar surface area (TPSA) is 55.1 Å². The Bertz CT molecular complexity index is 343. The molecular formula is C16H29ClN2O. The van der Waals surface area contributed by atoms with E-state index in [-0.39, 0.29) is 29.8 Å². The molecule has 3 fully saturated rings. The molecule has 0 bridgehead atoms. The van der Waals surface area contributed by atoms with Crippen molar-refractivity contribution < 1.29 is 4.79 Å². The van der Waals surface area contributed by atoms with E-state index in [9.17, 15) is 4.79 Å². The molecule has 3 N–H and O–H groups in total. The van der Waals surface area contributed by atoms with Crippen LogP contribution in [0.4, 0.5) is 0 Å². The normalized spacial score (nSPS) is 35.1. The maximum absolute atomic E-state index is 12.3. The van der Waals surface area contributed by atoms with Crippen LogP contribution >= 0.6 is 12.4 Å². The molecule has 1 amide bonds. The number of nitrogens with two attached hydrogens (primary N) is 1. The zero-order chi connectivity index (χ0) is 13.3. The number of hydrogen-bond acceptors (Lipinski definition) is 2. The molecule has 0 aromatic heterocycles. The average Bonchev–Trinajstić information content (AvgIpc) is 2.42. The van der Waals surface area contributed by atoms with E-state index in [1.54, 1.807) is 0 Å². The summed E-state index contributed by atoms with van der Waals surface area (Å²) < 4.78 is 0. The van der Waals surface area contributed by atoms with Crippen LogP contribution in [0, 0.1) is 17.8 Å². The van der Waals surface area contributed by atoms with Crippen molar-refractivity contribution in [2.75, 3.05) is 6.54 Å². The van der Waals surface area contributed by atoms with E-state index in [1.807, 2.05) is 0 Å². The monoisotopic (exact) mass is 300 g/mol. The molecule has 4 heteroatoms. The van der Waals surface area contributed by atoms with Crippen LogP contribution in [0.3, 0.4) is 0 Å². The van der Waals surface area contributed by atoms with Crippen molar-refractivity contribution in [2.45, 2.75) is 69.7 Å². The number of amides is 1. The fourth-order valence-electron chi connectivity index (χ4n) is 4.33. The van der Waals surface area contributed by atoms with Gasteiger partial charge < -0.3 is 11.1 Å². The van der Waals surface area contributed by atoms with E-state index >= 15 is 0 Å². The number of carbonyl (C=O) groups is 1. The molecule has 3 atom stereocenters. The zero-order valence-corrected chi connectivity index (χ0v) is 13.2. The molecule has 3 aliphatic carbocycles. The van der Waals surface area contributed by atoms with Crippen LogP contribution in [0.2, 0.25) is 0 Å². The largest absolute Gasteiger partial charge is 0.354 e. The Labute approximate surface area is 128 Å². The zero-order valence-electron chi connectivity index (χ0n) is 12.4. The highest BCUT2D eigenvalue weighted by atomic mass is 35.5. The van der Waals surface area contributed by atoms with Crippen molar-refractivity contribution in [1.29, 1.82) is 0 Å². The van der Waals surface area contributed by atoms with Crippen molar-refractivity contribution in [3.05, 3.63) is 0 Å².